The molecule has 1 saturated carbocycles. The summed E-state index contributed by atoms with van der Waals surface area (Å²) >= 11 is 1.18. The Hall–Kier alpha value is -2.40. The van der Waals surface area contributed by atoms with Crippen molar-refractivity contribution < 1.29 is 34.8 Å². The molecule has 1 aromatic carbocycles. The van der Waals surface area contributed by atoms with Gasteiger partial charge in [-0.1, -0.05) is 6.07 Å². The monoisotopic (exact) mass is 406 g/mol. The number of primary amides is 1. The van der Waals surface area contributed by atoms with Crippen LogP contribution in [0.2, 0.25) is 0 Å². The highest BCUT2D eigenvalue weighted by atomic mass is 32.2. The van der Waals surface area contributed by atoms with Gasteiger partial charge in [-0.3, -0.25) is 14.4 Å². The minimum Gasteiger partial charge on any atom is -0.508 e. The first kappa shape index (κ1) is 18.9. The lowest BCUT2D eigenvalue weighted by Gasteiger charge is -2.50. The molecule has 1 fully saturated rings. The summed E-state index contributed by atoms with van der Waals surface area (Å²) in [7, 11) is 0. The number of aliphatic hydroxyl groups excluding tert-OH is 2. The zero-order valence-electron chi connectivity index (χ0n) is 14.4. The van der Waals surface area contributed by atoms with Crippen LogP contribution >= 0.6 is 11.8 Å². The van der Waals surface area contributed by atoms with Crippen LogP contribution in [0, 0.1) is 11.8 Å². The van der Waals surface area contributed by atoms with E-state index < -0.39 is 58.1 Å². The number of Topliss-reactive ketones (excluding diaryl/α,β-unsaturated/α-hetero) is 2. The van der Waals surface area contributed by atoms with Gasteiger partial charge in [0.15, 0.2) is 17.2 Å². The first-order chi connectivity index (χ1) is 13.1. The molecule has 6 unspecified atom stereocenters. The predicted molar refractivity (Wildman–Crippen MR) is 96.5 cm³/mol. The lowest BCUT2D eigenvalue weighted by Crippen LogP contribution is -2.70. The van der Waals surface area contributed by atoms with Crippen LogP contribution in [0.25, 0.3) is 0 Å². The Labute approximate surface area is 163 Å². The molecule has 8 N–H and O–H groups in total. The van der Waals surface area contributed by atoms with Crippen LogP contribution in [-0.4, -0.2) is 60.9 Å². The standard InChI is InChI=1S/C18H18N2O7S/c19-12-5-4-8-10(13(22)9-6(21)2-1-3-7(9)28-8)15(24)18(5,27)16(25)11(14(12)23)17(20)26/h1-3,5,8,11-12,14,21,23-24,27H,4,19H2,(H2,20,26). The number of ketones is 2. The lowest BCUT2D eigenvalue weighted by molar-refractivity contribution is -0.169. The Morgan fingerprint density at radius 3 is 2.57 bits per heavy atom. The minimum atomic E-state index is -2.62. The molecule has 28 heavy (non-hydrogen) atoms. The number of thioether (sulfide) groups is 1. The maximum atomic E-state index is 13.0. The van der Waals surface area contributed by atoms with Crippen LogP contribution in [0.1, 0.15) is 16.8 Å². The van der Waals surface area contributed by atoms with E-state index in [4.69, 9.17) is 11.5 Å². The van der Waals surface area contributed by atoms with E-state index in [2.05, 4.69) is 0 Å². The number of hydrogen-bond donors (Lipinski definition) is 6. The number of amides is 1. The fraction of sp³-hybridized carbons (Fsp3) is 0.389. The summed E-state index contributed by atoms with van der Waals surface area (Å²) in [6.07, 6.45) is -1.62. The van der Waals surface area contributed by atoms with Gasteiger partial charge in [-0.05, 0) is 18.6 Å². The molecule has 148 valence electrons. The van der Waals surface area contributed by atoms with Crippen molar-refractivity contribution in [2.24, 2.45) is 23.3 Å². The van der Waals surface area contributed by atoms with E-state index in [1.54, 1.807) is 12.1 Å². The number of hydrogen-bond acceptors (Lipinski definition) is 9. The molecule has 2 aliphatic carbocycles. The van der Waals surface area contributed by atoms with Crippen molar-refractivity contribution in [2.75, 3.05) is 0 Å². The summed E-state index contributed by atoms with van der Waals surface area (Å²) in [4.78, 5) is 38.0. The number of phenols is 1. The van der Waals surface area contributed by atoms with Crippen LogP contribution in [0.4, 0.5) is 0 Å². The first-order valence-corrected chi connectivity index (χ1v) is 9.45. The van der Waals surface area contributed by atoms with Crippen molar-refractivity contribution in [1.82, 2.24) is 0 Å². The number of aliphatic hydroxyl groups is 3. The van der Waals surface area contributed by atoms with Gasteiger partial charge >= 0.3 is 0 Å². The quantitative estimate of drug-likeness (QED) is 0.318. The van der Waals surface area contributed by atoms with Crippen LogP contribution in [0.5, 0.6) is 5.75 Å². The van der Waals surface area contributed by atoms with E-state index in [1.807, 2.05) is 0 Å². The second-order valence-corrected chi connectivity index (χ2v) is 8.51. The van der Waals surface area contributed by atoms with Gasteiger partial charge in [0, 0.05) is 22.1 Å². The molecule has 3 aliphatic rings. The maximum absolute atomic E-state index is 13.0. The summed E-state index contributed by atoms with van der Waals surface area (Å²) in [6, 6.07) is 3.29. The Balaban J connectivity index is 1.91. The molecule has 0 saturated heterocycles. The van der Waals surface area contributed by atoms with Crippen molar-refractivity contribution in [1.29, 1.82) is 0 Å². The molecule has 0 aromatic heterocycles. The SMILES string of the molecule is NC(=O)C1C(=O)C2(O)C(O)=C3C(=O)c4c(O)cccc4SC3CC2C(N)C1O. The second-order valence-electron chi connectivity index (χ2n) is 7.27. The van der Waals surface area contributed by atoms with E-state index in [0.29, 0.717) is 4.90 Å². The van der Waals surface area contributed by atoms with Crippen molar-refractivity contribution in [2.45, 2.75) is 34.3 Å². The normalized spacial score (nSPS) is 37.2. The Morgan fingerprint density at radius 1 is 1.25 bits per heavy atom. The Bertz CT molecular complexity index is 961. The van der Waals surface area contributed by atoms with Gasteiger partial charge in [-0.25, -0.2) is 0 Å². The molecule has 1 aliphatic heterocycles. The fourth-order valence-electron chi connectivity index (χ4n) is 4.43. The lowest BCUT2D eigenvalue weighted by atomic mass is 9.60. The Kier molecular flexibility index (Phi) is 4.09. The van der Waals surface area contributed by atoms with Crippen molar-refractivity contribution in [3.05, 3.63) is 35.1 Å². The van der Waals surface area contributed by atoms with Crippen molar-refractivity contribution in [3.63, 3.8) is 0 Å². The molecular formula is C18H18N2O7S. The molecule has 1 aromatic rings. The number of benzene rings is 1. The summed E-state index contributed by atoms with van der Waals surface area (Å²) in [6.45, 7) is 0. The maximum Gasteiger partial charge on any atom is 0.230 e. The fourth-order valence-corrected chi connectivity index (χ4v) is 5.85. The van der Waals surface area contributed by atoms with Gasteiger partial charge in [0.2, 0.25) is 5.91 Å². The molecule has 0 radical (unpaired) electrons. The molecule has 0 spiro atoms. The second kappa shape index (κ2) is 6.05. The van der Waals surface area contributed by atoms with Crippen LogP contribution in [-0.2, 0) is 9.59 Å². The van der Waals surface area contributed by atoms with E-state index in [0.717, 1.165) is 0 Å². The molecule has 1 amide bonds. The molecule has 1 heterocycles. The summed E-state index contributed by atoms with van der Waals surface area (Å²) < 4.78 is 0. The molecule has 0 bridgehead atoms. The first-order valence-electron chi connectivity index (χ1n) is 8.57. The number of rotatable bonds is 1. The van der Waals surface area contributed by atoms with Crippen molar-refractivity contribution in [3.8, 4) is 5.75 Å². The smallest absolute Gasteiger partial charge is 0.230 e. The third-order valence-electron chi connectivity index (χ3n) is 5.85. The number of aromatic hydroxyl groups is 1. The minimum absolute atomic E-state index is 0.00313. The average Bonchev–Trinajstić information content (AvgIpc) is 2.62. The largest absolute Gasteiger partial charge is 0.508 e. The third kappa shape index (κ3) is 2.23. The van der Waals surface area contributed by atoms with Crippen LogP contribution in [0.15, 0.2) is 34.4 Å². The highest BCUT2D eigenvalue weighted by Crippen LogP contribution is 2.53. The summed E-state index contributed by atoms with van der Waals surface area (Å²) in [5, 5.41) is 41.7. The van der Waals surface area contributed by atoms with Crippen LogP contribution in [0.3, 0.4) is 0 Å². The predicted octanol–water partition coefficient (Wildman–Crippen LogP) is -1.02. The number of carbonyl (C=O) groups excluding carboxylic acids is 3. The summed E-state index contributed by atoms with van der Waals surface area (Å²) in [5.41, 5.74) is 8.32. The number of phenolic OH excluding ortho intramolecular Hbond substituents is 1. The van der Waals surface area contributed by atoms with Gasteiger partial charge in [0.1, 0.15) is 17.4 Å². The highest BCUT2D eigenvalue weighted by molar-refractivity contribution is 8.00. The zero-order chi connectivity index (χ0) is 20.5. The van der Waals surface area contributed by atoms with Crippen molar-refractivity contribution >= 4 is 29.2 Å². The number of carbonyl (C=O) groups is 3. The van der Waals surface area contributed by atoms with E-state index in [9.17, 15) is 34.8 Å². The van der Waals surface area contributed by atoms with Gasteiger partial charge < -0.3 is 31.9 Å². The molecule has 6 atom stereocenters. The van der Waals surface area contributed by atoms with E-state index in [1.165, 1.54) is 17.8 Å². The zero-order valence-corrected chi connectivity index (χ0v) is 15.2. The van der Waals surface area contributed by atoms with Gasteiger partial charge in [-0.15, -0.1) is 11.8 Å². The van der Waals surface area contributed by atoms with E-state index in [-0.39, 0.29) is 23.3 Å². The molecule has 10 heteroatoms. The van der Waals surface area contributed by atoms with Gasteiger partial charge in [-0.2, -0.15) is 0 Å². The Morgan fingerprint density at radius 2 is 1.93 bits per heavy atom. The number of fused-ring (bicyclic) bond motifs is 3. The number of nitrogens with two attached hydrogens (primary N) is 2. The van der Waals surface area contributed by atoms with E-state index >= 15 is 0 Å². The third-order valence-corrected chi connectivity index (χ3v) is 7.16. The van der Waals surface area contributed by atoms with Gasteiger partial charge in [0.05, 0.1) is 17.2 Å². The molecular weight excluding hydrogens is 388 g/mol. The highest BCUT2D eigenvalue weighted by Gasteiger charge is 2.65. The summed E-state index contributed by atoms with van der Waals surface area (Å²) in [5.74, 6) is -7.24. The molecule has 9 nitrogen and oxygen atoms in total. The average molecular weight is 406 g/mol. The molecule has 4 rings (SSSR count). The van der Waals surface area contributed by atoms with Crippen LogP contribution < -0.4 is 11.5 Å². The van der Waals surface area contributed by atoms with Gasteiger partial charge in [0.25, 0.3) is 0 Å². The topological polar surface area (TPSA) is 184 Å².